The lowest BCUT2D eigenvalue weighted by Crippen LogP contribution is -2.22. The number of methoxy groups -OCH3 is 1. The van der Waals surface area contributed by atoms with Crippen LogP contribution in [0.15, 0.2) is 65.9 Å². The van der Waals surface area contributed by atoms with Crippen molar-refractivity contribution in [2.75, 3.05) is 7.11 Å². The van der Waals surface area contributed by atoms with Crippen LogP contribution in [0.1, 0.15) is 5.56 Å². The fourth-order valence-corrected chi connectivity index (χ4v) is 2.37. The van der Waals surface area contributed by atoms with Gasteiger partial charge in [0.25, 0.3) is 5.91 Å². The van der Waals surface area contributed by atoms with E-state index >= 15 is 0 Å². The summed E-state index contributed by atoms with van der Waals surface area (Å²) in [6.07, 6.45) is 3.49. The highest BCUT2D eigenvalue weighted by molar-refractivity contribution is 5.85. The summed E-state index contributed by atoms with van der Waals surface area (Å²) in [5.41, 5.74) is 4.43. The molecule has 0 aliphatic heterocycles. The molecular formula is C18H17N3O2. The highest BCUT2D eigenvalue weighted by Gasteiger charge is 2.04. The number of fused-ring (bicyclic) bond motifs is 1. The Bertz CT molecular complexity index is 852. The quantitative estimate of drug-likeness (QED) is 0.582. The molecule has 0 bridgehead atoms. The van der Waals surface area contributed by atoms with Gasteiger partial charge in [-0.3, -0.25) is 4.79 Å². The second-order valence-electron chi connectivity index (χ2n) is 5.07. The molecule has 116 valence electrons. The third-order valence-corrected chi connectivity index (χ3v) is 3.49. The minimum Gasteiger partial charge on any atom is -0.497 e. The van der Waals surface area contributed by atoms with Gasteiger partial charge in [-0.2, -0.15) is 5.10 Å². The maximum atomic E-state index is 12.0. The lowest BCUT2D eigenvalue weighted by molar-refractivity contribution is -0.121. The van der Waals surface area contributed by atoms with E-state index in [4.69, 9.17) is 4.74 Å². The van der Waals surface area contributed by atoms with E-state index < -0.39 is 0 Å². The Morgan fingerprint density at radius 1 is 1.22 bits per heavy atom. The largest absolute Gasteiger partial charge is 0.497 e. The molecule has 0 aliphatic rings. The fraction of sp³-hybridized carbons (Fsp3) is 0.111. The van der Waals surface area contributed by atoms with Crippen molar-refractivity contribution in [3.63, 3.8) is 0 Å². The first-order chi connectivity index (χ1) is 11.3. The first-order valence-corrected chi connectivity index (χ1v) is 7.26. The van der Waals surface area contributed by atoms with Crippen molar-refractivity contribution in [1.29, 1.82) is 0 Å². The Morgan fingerprint density at radius 2 is 2.09 bits per heavy atom. The SMILES string of the molecule is COc1cccc(/C=N/NC(=O)Cn2ccc3ccccc32)c1. The number of hydrazone groups is 1. The molecule has 1 heterocycles. The van der Waals surface area contributed by atoms with Crippen molar-refractivity contribution in [1.82, 2.24) is 9.99 Å². The topological polar surface area (TPSA) is 55.6 Å². The van der Waals surface area contributed by atoms with Crippen LogP contribution in [-0.2, 0) is 11.3 Å². The molecule has 1 aromatic heterocycles. The van der Waals surface area contributed by atoms with Crippen molar-refractivity contribution in [3.05, 3.63) is 66.4 Å². The van der Waals surface area contributed by atoms with Gasteiger partial charge in [-0.25, -0.2) is 5.43 Å². The second kappa shape index (κ2) is 6.79. The third kappa shape index (κ3) is 3.58. The van der Waals surface area contributed by atoms with E-state index in [1.54, 1.807) is 13.3 Å². The van der Waals surface area contributed by atoms with Gasteiger partial charge < -0.3 is 9.30 Å². The van der Waals surface area contributed by atoms with Gasteiger partial charge in [-0.1, -0.05) is 30.3 Å². The van der Waals surface area contributed by atoms with Crippen LogP contribution < -0.4 is 10.2 Å². The van der Waals surface area contributed by atoms with E-state index in [9.17, 15) is 4.79 Å². The molecule has 5 nitrogen and oxygen atoms in total. The fourth-order valence-electron chi connectivity index (χ4n) is 2.37. The molecule has 0 fully saturated rings. The van der Waals surface area contributed by atoms with Crippen LogP contribution in [0.3, 0.4) is 0 Å². The first kappa shape index (κ1) is 14.8. The third-order valence-electron chi connectivity index (χ3n) is 3.49. The number of carbonyl (C=O) groups excluding carboxylic acids is 1. The van der Waals surface area contributed by atoms with E-state index in [1.165, 1.54) is 0 Å². The number of carbonyl (C=O) groups is 1. The van der Waals surface area contributed by atoms with E-state index in [0.717, 1.165) is 22.2 Å². The predicted molar refractivity (Wildman–Crippen MR) is 90.7 cm³/mol. The summed E-state index contributed by atoms with van der Waals surface area (Å²) in [7, 11) is 1.61. The second-order valence-corrected chi connectivity index (χ2v) is 5.07. The number of aromatic nitrogens is 1. The number of ether oxygens (including phenoxy) is 1. The van der Waals surface area contributed by atoms with E-state index in [0.29, 0.717) is 0 Å². The van der Waals surface area contributed by atoms with Crippen molar-refractivity contribution in [2.45, 2.75) is 6.54 Å². The average Bonchev–Trinajstić information content (AvgIpc) is 2.98. The Balaban J connectivity index is 1.62. The lowest BCUT2D eigenvalue weighted by atomic mass is 10.2. The summed E-state index contributed by atoms with van der Waals surface area (Å²) in [5, 5.41) is 5.10. The molecule has 23 heavy (non-hydrogen) atoms. The molecule has 0 saturated carbocycles. The molecule has 0 aliphatic carbocycles. The molecule has 0 saturated heterocycles. The van der Waals surface area contributed by atoms with E-state index in [1.807, 2.05) is 65.4 Å². The van der Waals surface area contributed by atoms with Gasteiger partial charge in [0.05, 0.1) is 13.3 Å². The number of amides is 1. The van der Waals surface area contributed by atoms with Gasteiger partial charge in [-0.05, 0) is 35.2 Å². The zero-order chi connectivity index (χ0) is 16.1. The van der Waals surface area contributed by atoms with Gasteiger partial charge in [0.15, 0.2) is 0 Å². The van der Waals surface area contributed by atoms with Crippen molar-refractivity contribution >= 4 is 23.0 Å². The number of nitrogens with one attached hydrogen (secondary N) is 1. The van der Waals surface area contributed by atoms with Gasteiger partial charge >= 0.3 is 0 Å². The summed E-state index contributed by atoms with van der Waals surface area (Å²) in [5.74, 6) is 0.574. The average molecular weight is 307 g/mol. The van der Waals surface area contributed by atoms with Crippen LogP contribution in [0, 0.1) is 0 Å². The summed E-state index contributed by atoms with van der Waals surface area (Å²) >= 11 is 0. The molecule has 5 heteroatoms. The molecule has 0 spiro atoms. The molecule has 3 aromatic rings. The van der Waals surface area contributed by atoms with Gasteiger partial charge in [-0.15, -0.1) is 0 Å². The smallest absolute Gasteiger partial charge is 0.259 e. The predicted octanol–water partition coefficient (Wildman–Crippen LogP) is 2.80. The van der Waals surface area contributed by atoms with E-state index in [2.05, 4.69) is 10.5 Å². The van der Waals surface area contributed by atoms with Crippen LogP contribution in [0.5, 0.6) is 5.75 Å². The number of benzene rings is 2. The Kier molecular flexibility index (Phi) is 4.38. The molecule has 2 aromatic carbocycles. The van der Waals surface area contributed by atoms with E-state index in [-0.39, 0.29) is 12.5 Å². The normalized spacial score (nSPS) is 11.0. The van der Waals surface area contributed by atoms with Crippen LogP contribution >= 0.6 is 0 Å². The zero-order valence-electron chi connectivity index (χ0n) is 12.8. The zero-order valence-corrected chi connectivity index (χ0v) is 12.8. The molecule has 3 rings (SSSR count). The summed E-state index contributed by atoms with van der Waals surface area (Å²) in [6.45, 7) is 0.225. The van der Waals surface area contributed by atoms with Crippen LogP contribution in [0.25, 0.3) is 10.9 Å². The molecular weight excluding hydrogens is 290 g/mol. The Morgan fingerprint density at radius 3 is 2.96 bits per heavy atom. The summed E-state index contributed by atoms with van der Waals surface area (Å²) in [6, 6.07) is 17.4. The molecule has 1 N–H and O–H groups in total. The molecule has 0 unspecified atom stereocenters. The van der Waals surface area contributed by atoms with Gasteiger partial charge in [0.2, 0.25) is 0 Å². The standard InChI is InChI=1S/C18H17N3O2/c1-23-16-7-4-5-14(11-16)12-19-20-18(22)13-21-10-9-15-6-2-3-8-17(15)21/h2-12H,13H2,1H3,(H,20,22)/b19-12+. The summed E-state index contributed by atoms with van der Waals surface area (Å²) < 4.78 is 7.04. The maximum Gasteiger partial charge on any atom is 0.259 e. The Labute approximate surface area is 134 Å². The first-order valence-electron chi connectivity index (χ1n) is 7.26. The van der Waals surface area contributed by atoms with Crippen molar-refractivity contribution in [2.24, 2.45) is 5.10 Å². The number of nitrogens with zero attached hydrogens (tertiary/aromatic N) is 2. The maximum absolute atomic E-state index is 12.0. The number of hydrogen-bond donors (Lipinski definition) is 1. The molecule has 0 radical (unpaired) electrons. The monoisotopic (exact) mass is 307 g/mol. The number of rotatable bonds is 5. The minimum absolute atomic E-state index is 0.175. The van der Waals surface area contributed by atoms with Gasteiger partial charge in [0, 0.05) is 11.7 Å². The van der Waals surface area contributed by atoms with Crippen LogP contribution in [0.4, 0.5) is 0 Å². The molecule has 1 amide bonds. The minimum atomic E-state index is -0.175. The van der Waals surface area contributed by atoms with Gasteiger partial charge in [0.1, 0.15) is 12.3 Å². The highest BCUT2D eigenvalue weighted by atomic mass is 16.5. The van der Waals surface area contributed by atoms with Crippen LogP contribution in [-0.4, -0.2) is 23.8 Å². The summed E-state index contributed by atoms with van der Waals surface area (Å²) in [4.78, 5) is 12.0. The number of para-hydroxylation sites is 1. The van der Waals surface area contributed by atoms with Crippen molar-refractivity contribution < 1.29 is 9.53 Å². The Hall–Kier alpha value is -3.08. The highest BCUT2D eigenvalue weighted by Crippen LogP contribution is 2.14. The number of hydrogen-bond acceptors (Lipinski definition) is 3. The lowest BCUT2D eigenvalue weighted by Gasteiger charge is -2.04. The molecule has 0 atom stereocenters. The van der Waals surface area contributed by atoms with Crippen LogP contribution in [0.2, 0.25) is 0 Å². The van der Waals surface area contributed by atoms with Crippen molar-refractivity contribution in [3.8, 4) is 5.75 Å².